The summed E-state index contributed by atoms with van der Waals surface area (Å²) < 4.78 is 0. The van der Waals surface area contributed by atoms with Crippen molar-refractivity contribution in [1.82, 2.24) is 10.2 Å². The zero-order valence-corrected chi connectivity index (χ0v) is 21.1. The van der Waals surface area contributed by atoms with E-state index in [-0.39, 0.29) is 29.2 Å². The first-order valence-corrected chi connectivity index (χ1v) is 12.4. The van der Waals surface area contributed by atoms with E-state index >= 15 is 0 Å². The van der Waals surface area contributed by atoms with E-state index in [9.17, 15) is 29.6 Å². The molecule has 194 valence electrons. The lowest BCUT2D eigenvalue weighted by molar-refractivity contribution is -0.385. The summed E-state index contributed by atoms with van der Waals surface area (Å²) in [5.41, 5.74) is -1.51. The Morgan fingerprint density at radius 1 is 1.13 bits per heavy atom. The molecule has 2 aliphatic heterocycles. The first-order valence-electron chi connectivity index (χ1n) is 12.1. The van der Waals surface area contributed by atoms with Crippen molar-refractivity contribution in [2.45, 2.75) is 24.9 Å². The molecule has 4 unspecified atom stereocenters. The van der Waals surface area contributed by atoms with Gasteiger partial charge in [0, 0.05) is 29.6 Å². The Morgan fingerprint density at radius 2 is 1.87 bits per heavy atom. The van der Waals surface area contributed by atoms with Gasteiger partial charge < -0.3 is 5.11 Å². The summed E-state index contributed by atoms with van der Waals surface area (Å²) in [6.45, 7) is 1.73. The first kappa shape index (κ1) is 25.6. The largest absolute Gasteiger partial charge is 0.480 e. The Hall–Kier alpha value is -4.08. The van der Waals surface area contributed by atoms with E-state index in [1.54, 1.807) is 25.1 Å². The minimum absolute atomic E-state index is 0.0167. The van der Waals surface area contributed by atoms with Crippen molar-refractivity contribution in [2.24, 2.45) is 11.8 Å². The molecular formula is C28H24ClN3O6. The number of hydrogen-bond donors (Lipinski definition) is 2. The highest BCUT2D eigenvalue weighted by Crippen LogP contribution is 2.51. The average molecular weight is 534 g/mol. The summed E-state index contributed by atoms with van der Waals surface area (Å²) in [5.74, 6) is -4.97. The van der Waals surface area contributed by atoms with Gasteiger partial charge in [-0.15, -0.1) is 0 Å². The number of carbonyl (C=O) groups is 3. The van der Waals surface area contributed by atoms with E-state index < -0.39 is 46.1 Å². The third-order valence-corrected chi connectivity index (χ3v) is 7.70. The Labute approximate surface area is 222 Å². The minimum atomic E-state index is -1.90. The summed E-state index contributed by atoms with van der Waals surface area (Å²) in [4.78, 5) is 52.7. The van der Waals surface area contributed by atoms with E-state index in [2.05, 4.69) is 5.32 Å². The molecule has 38 heavy (non-hydrogen) atoms. The molecule has 0 bridgehead atoms. The number of carboxylic acids is 1. The first-order chi connectivity index (χ1) is 18.2. The summed E-state index contributed by atoms with van der Waals surface area (Å²) in [5, 5.41) is 27.6. The fourth-order valence-electron chi connectivity index (χ4n) is 5.77. The number of halogens is 1. The van der Waals surface area contributed by atoms with Crippen molar-refractivity contribution < 1.29 is 24.4 Å². The second kappa shape index (κ2) is 9.66. The number of nitro benzene ring substituents is 1. The molecule has 2 heterocycles. The van der Waals surface area contributed by atoms with Gasteiger partial charge in [0.15, 0.2) is 0 Å². The number of carboxylic acid groups (broad SMARTS) is 1. The molecule has 2 N–H and O–H groups in total. The van der Waals surface area contributed by atoms with Crippen molar-refractivity contribution >= 4 is 45.8 Å². The van der Waals surface area contributed by atoms with Crippen molar-refractivity contribution in [3.8, 4) is 0 Å². The highest BCUT2D eigenvalue weighted by Gasteiger charge is 2.68. The number of nitrogens with zero attached hydrogens (tertiary/aromatic N) is 2. The molecule has 0 aliphatic carbocycles. The molecular weight excluding hydrogens is 510 g/mol. The van der Waals surface area contributed by atoms with Gasteiger partial charge in [0.1, 0.15) is 5.54 Å². The van der Waals surface area contributed by atoms with E-state index in [1.807, 2.05) is 36.4 Å². The lowest BCUT2D eigenvalue weighted by atomic mass is 9.76. The maximum Gasteiger partial charge on any atom is 0.325 e. The lowest BCUT2D eigenvalue weighted by Gasteiger charge is -2.31. The number of imide groups is 1. The highest BCUT2D eigenvalue weighted by molar-refractivity contribution is 6.30. The summed E-state index contributed by atoms with van der Waals surface area (Å²) in [6, 6.07) is 15.9. The van der Waals surface area contributed by atoms with Crippen LogP contribution in [0.3, 0.4) is 0 Å². The summed E-state index contributed by atoms with van der Waals surface area (Å²) in [6.07, 6.45) is 3.20. The molecule has 0 spiro atoms. The summed E-state index contributed by atoms with van der Waals surface area (Å²) in [7, 11) is 0. The van der Waals surface area contributed by atoms with Crippen LogP contribution >= 0.6 is 11.6 Å². The normalized spacial score (nSPS) is 24.9. The SMILES string of the molecule is CC=CCN1C(=O)C2C(c3cc(Cl)ccc3[N+](=O)[O-])NC(Cc3ccc4ccccc4c3)(C(=O)O)C2C1=O. The standard InChI is InChI=1S/C28H24ClN3O6/c1-2-3-12-31-25(33)22-23(26(31)34)28(27(35)36,15-16-8-9-17-6-4-5-7-18(17)13-16)30-24(22)20-14-19(29)10-11-21(20)32(37)38/h2-11,13-14,22-24,30H,12,15H2,1H3,(H,35,36). The molecule has 2 amide bonds. The van der Waals surface area contributed by atoms with Crippen molar-refractivity contribution in [1.29, 1.82) is 0 Å². The van der Waals surface area contributed by atoms with Crippen molar-refractivity contribution in [3.63, 3.8) is 0 Å². The van der Waals surface area contributed by atoms with Gasteiger partial charge in [-0.3, -0.25) is 34.7 Å². The minimum Gasteiger partial charge on any atom is -0.480 e. The van der Waals surface area contributed by atoms with Gasteiger partial charge in [-0.05, 0) is 35.4 Å². The van der Waals surface area contributed by atoms with Gasteiger partial charge in [0.25, 0.3) is 5.69 Å². The van der Waals surface area contributed by atoms with E-state index in [1.165, 1.54) is 18.2 Å². The average Bonchev–Trinajstić information content (AvgIpc) is 3.36. The maximum absolute atomic E-state index is 13.7. The molecule has 10 heteroatoms. The zero-order valence-electron chi connectivity index (χ0n) is 20.3. The fraction of sp³-hybridized carbons (Fsp3) is 0.250. The second-order valence-corrected chi connectivity index (χ2v) is 10.0. The molecule has 4 atom stereocenters. The molecule has 2 saturated heterocycles. The molecule has 0 aromatic heterocycles. The quantitative estimate of drug-likeness (QED) is 0.200. The lowest BCUT2D eigenvalue weighted by Crippen LogP contribution is -2.57. The number of benzene rings is 3. The molecule has 3 aromatic carbocycles. The number of fused-ring (bicyclic) bond motifs is 2. The van der Waals surface area contributed by atoms with Gasteiger partial charge in [-0.1, -0.05) is 66.2 Å². The number of amides is 2. The van der Waals surface area contributed by atoms with Crippen LogP contribution in [-0.2, 0) is 20.8 Å². The van der Waals surface area contributed by atoms with Crippen LogP contribution in [0.5, 0.6) is 0 Å². The number of nitro groups is 1. The van der Waals surface area contributed by atoms with E-state index in [4.69, 9.17) is 11.6 Å². The number of likely N-dealkylation sites (tertiary alicyclic amines) is 1. The van der Waals surface area contributed by atoms with E-state index in [0.29, 0.717) is 5.56 Å². The Kier molecular flexibility index (Phi) is 6.50. The van der Waals surface area contributed by atoms with Crippen LogP contribution in [-0.4, -0.2) is 44.8 Å². The van der Waals surface area contributed by atoms with Gasteiger partial charge in [-0.2, -0.15) is 0 Å². The van der Waals surface area contributed by atoms with Gasteiger partial charge >= 0.3 is 5.97 Å². The van der Waals surface area contributed by atoms with Crippen LogP contribution in [0.2, 0.25) is 5.02 Å². The van der Waals surface area contributed by atoms with Crippen LogP contribution < -0.4 is 5.32 Å². The van der Waals surface area contributed by atoms with Crippen molar-refractivity contribution in [3.05, 3.63) is 99.1 Å². The third kappa shape index (κ3) is 4.04. The van der Waals surface area contributed by atoms with Crippen LogP contribution in [0.25, 0.3) is 10.8 Å². The van der Waals surface area contributed by atoms with Crippen LogP contribution in [0.15, 0.2) is 72.8 Å². The molecule has 3 aromatic rings. The number of nitrogens with one attached hydrogen (secondary N) is 1. The number of aliphatic carboxylic acids is 1. The van der Waals surface area contributed by atoms with Gasteiger partial charge in [0.05, 0.1) is 22.8 Å². The number of rotatable bonds is 7. The predicted octanol–water partition coefficient (Wildman–Crippen LogP) is 4.29. The molecule has 0 saturated carbocycles. The Balaban J connectivity index is 1.68. The van der Waals surface area contributed by atoms with Crippen molar-refractivity contribution in [2.75, 3.05) is 6.54 Å². The van der Waals surface area contributed by atoms with Gasteiger partial charge in [-0.25, -0.2) is 0 Å². The Morgan fingerprint density at radius 3 is 2.55 bits per heavy atom. The second-order valence-electron chi connectivity index (χ2n) is 9.58. The molecule has 0 radical (unpaired) electrons. The molecule has 9 nitrogen and oxygen atoms in total. The predicted molar refractivity (Wildman–Crippen MR) is 141 cm³/mol. The fourth-order valence-corrected chi connectivity index (χ4v) is 5.95. The van der Waals surface area contributed by atoms with Gasteiger partial charge in [0.2, 0.25) is 11.8 Å². The molecule has 2 fully saturated rings. The monoisotopic (exact) mass is 533 g/mol. The van der Waals surface area contributed by atoms with Crippen LogP contribution in [0, 0.1) is 22.0 Å². The zero-order chi connectivity index (χ0) is 27.2. The topological polar surface area (TPSA) is 130 Å². The Bertz CT molecular complexity index is 1520. The smallest absolute Gasteiger partial charge is 0.325 e. The number of allylic oxidation sites excluding steroid dienone is 1. The summed E-state index contributed by atoms with van der Waals surface area (Å²) >= 11 is 6.19. The third-order valence-electron chi connectivity index (χ3n) is 7.47. The molecule has 2 aliphatic rings. The maximum atomic E-state index is 13.7. The number of carbonyl (C=O) groups excluding carboxylic acids is 2. The van der Waals surface area contributed by atoms with Crippen LogP contribution in [0.1, 0.15) is 24.1 Å². The van der Waals surface area contributed by atoms with E-state index in [0.717, 1.165) is 15.7 Å². The highest BCUT2D eigenvalue weighted by atomic mass is 35.5. The van der Waals surface area contributed by atoms with Crippen LogP contribution in [0.4, 0.5) is 5.69 Å². The number of hydrogen-bond acceptors (Lipinski definition) is 6. The molecule has 5 rings (SSSR count).